The summed E-state index contributed by atoms with van der Waals surface area (Å²) in [6, 6.07) is 99.2. The first-order valence-corrected chi connectivity index (χ1v) is 25.7. The van der Waals surface area contributed by atoms with Crippen molar-refractivity contribution in [2.45, 2.75) is 0 Å². The van der Waals surface area contributed by atoms with Crippen LogP contribution in [0.2, 0.25) is 0 Å². The van der Waals surface area contributed by atoms with E-state index in [1.54, 1.807) is 0 Å². The maximum Gasteiger partial charge on any atom is 0.211 e. The quantitative estimate of drug-likeness (QED) is 0.132. The van der Waals surface area contributed by atoms with Gasteiger partial charge >= 0.3 is 0 Å². The van der Waals surface area contributed by atoms with E-state index in [4.69, 9.17) is 11.6 Å². The van der Waals surface area contributed by atoms with Crippen LogP contribution in [0.15, 0.2) is 279 Å². The molecule has 0 radical (unpaired) electrons. The van der Waals surface area contributed by atoms with Crippen molar-refractivity contribution in [1.29, 1.82) is 0 Å². The minimum Gasteiger partial charge on any atom is -0.319 e. The lowest BCUT2D eigenvalue weighted by molar-refractivity contribution is 1.14. The lowest BCUT2D eigenvalue weighted by Crippen LogP contribution is -2.03. The maximum atomic E-state index is 9.13. The fraction of sp³-hybridized carbons (Fsp3) is 0. The fourth-order valence-corrected chi connectivity index (χ4v) is 11.5. The average Bonchev–Trinajstić information content (AvgIpc) is 4.16. The van der Waals surface area contributed by atoms with Gasteiger partial charge in [-0.1, -0.05) is 231 Å². The Balaban J connectivity index is 1.09. The normalized spacial score (nSPS) is 11.4. The monoisotopic (exact) mass is 966 g/mol. The van der Waals surface area contributed by atoms with E-state index < -0.39 is 0 Å². The second kappa shape index (κ2) is 18.6. The molecule has 0 N–H and O–H groups in total. The van der Waals surface area contributed by atoms with Crippen molar-refractivity contribution in [3.63, 3.8) is 0 Å². The number of hydrogen-bond donors (Lipinski definition) is 0. The van der Waals surface area contributed by atoms with Crippen LogP contribution in [0.1, 0.15) is 0 Å². The Morgan fingerprint density at radius 2 is 0.632 bits per heavy atom. The summed E-state index contributed by atoms with van der Waals surface area (Å²) in [7, 11) is 0. The van der Waals surface area contributed by atoms with E-state index in [9.17, 15) is 0 Å². The summed E-state index contributed by atoms with van der Waals surface area (Å²) in [5.41, 5.74) is 21.2. The highest BCUT2D eigenvalue weighted by atomic mass is 15.0. The van der Waals surface area contributed by atoms with Gasteiger partial charge in [0.05, 0.1) is 51.4 Å². The zero-order chi connectivity index (χ0) is 50.5. The summed E-state index contributed by atoms with van der Waals surface area (Å²) >= 11 is 0. The van der Waals surface area contributed by atoms with Crippen LogP contribution in [-0.4, -0.2) is 14.1 Å². The molecule has 4 nitrogen and oxygen atoms in total. The number of pyridine rings is 1. The van der Waals surface area contributed by atoms with Gasteiger partial charge in [-0.2, -0.15) is 0 Å². The lowest BCUT2D eigenvalue weighted by Gasteiger charge is -2.20. The molecule has 0 atom stereocenters. The van der Waals surface area contributed by atoms with Gasteiger partial charge in [0, 0.05) is 32.7 Å². The summed E-state index contributed by atoms with van der Waals surface area (Å²) in [5.74, 6) is 0. The predicted molar refractivity (Wildman–Crippen MR) is 317 cm³/mol. The number of rotatable bonds is 9. The standard InChI is InChI=1S/C72H46N4/c1-73-66-46-63(54-42-64(50-26-10-4-11-27-50)74-65(43-54)51-28-12-5-13-29-51)71(75-67-36-20-18-34-59(67)61-40-38-52(44-69(61)75)57-32-16-14-30-55(57)48-22-6-2-7-23-48)47-72(66)76-68-37-21-19-35-60(68)62-41-39-53(45-70(62)76)58-33-17-15-31-56(58)49-24-8-3-9-25-49/h2-47H. The molecule has 11 aromatic carbocycles. The van der Waals surface area contributed by atoms with Crippen molar-refractivity contribution in [3.05, 3.63) is 290 Å². The Labute approximate surface area is 441 Å². The molecule has 0 unspecified atom stereocenters. The Morgan fingerprint density at radius 1 is 0.263 bits per heavy atom. The number of hydrogen-bond acceptors (Lipinski definition) is 1. The fourth-order valence-electron chi connectivity index (χ4n) is 11.5. The molecule has 0 saturated heterocycles. The van der Waals surface area contributed by atoms with Gasteiger partial charge in [0.1, 0.15) is 0 Å². The Kier molecular flexibility index (Phi) is 10.9. The first-order valence-electron chi connectivity index (χ1n) is 25.7. The molecule has 0 aliphatic rings. The van der Waals surface area contributed by atoms with Crippen LogP contribution >= 0.6 is 0 Å². The molecule has 3 heterocycles. The Hall–Kier alpha value is -10.3. The number of fused-ring (bicyclic) bond motifs is 6. The number of para-hydroxylation sites is 2. The van der Waals surface area contributed by atoms with Crippen LogP contribution in [-0.2, 0) is 0 Å². The van der Waals surface area contributed by atoms with Gasteiger partial charge < -0.3 is 9.13 Å². The lowest BCUT2D eigenvalue weighted by atomic mass is 9.94. The molecule has 0 bridgehead atoms. The summed E-state index contributed by atoms with van der Waals surface area (Å²) in [6.07, 6.45) is 0. The zero-order valence-corrected chi connectivity index (χ0v) is 41.3. The van der Waals surface area contributed by atoms with E-state index in [1.807, 2.05) is 12.1 Å². The van der Waals surface area contributed by atoms with Crippen LogP contribution in [0.25, 0.3) is 138 Å². The summed E-state index contributed by atoms with van der Waals surface area (Å²) in [6.45, 7) is 9.13. The first-order chi connectivity index (χ1) is 37.7. The molecule has 0 aliphatic carbocycles. The third-order valence-corrected chi connectivity index (χ3v) is 15.0. The summed E-state index contributed by atoms with van der Waals surface area (Å²) < 4.78 is 4.76. The Bertz CT molecular complexity index is 4510. The third kappa shape index (κ3) is 7.57. The first kappa shape index (κ1) is 44.4. The van der Waals surface area contributed by atoms with Gasteiger partial charge in [-0.3, -0.25) is 0 Å². The van der Waals surface area contributed by atoms with E-state index in [2.05, 4.69) is 281 Å². The van der Waals surface area contributed by atoms with Crippen LogP contribution < -0.4 is 0 Å². The smallest absolute Gasteiger partial charge is 0.211 e. The van der Waals surface area contributed by atoms with E-state index in [1.165, 1.54) is 11.1 Å². The minimum atomic E-state index is 0.536. The zero-order valence-electron chi connectivity index (χ0n) is 41.3. The average molecular weight is 967 g/mol. The molecule has 14 aromatic rings. The minimum absolute atomic E-state index is 0.536. The van der Waals surface area contributed by atoms with E-state index in [-0.39, 0.29) is 0 Å². The van der Waals surface area contributed by atoms with Crippen molar-refractivity contribution in [2.75, 3.05) is 0 Å². The van der Waals surface area contributed by atoms with Crippen molar-refractivity contribution in [1.82, 2.24) is 14.1 Å². The van der Waals surface area contributed by atoms with E-state index >= 15 is 0 Å². The van der Waals surface area contributed by atoms with Crippen molar-refractivity contribution in [2.24, 2.45) is 0 Å². The largest absolute Gasteiger partial charge is 0.319 e. The molecule has 354 valence electrons. The van der Waals surface area contributed by atoms with Gasteiger partial charge in [-0.05, 0) is 104 Å². The molecular formula is C72H46N4. The predicted octanol–water partition coefficient (Wildman–Crippen LogP) is 19.5. The molecule has 0 spiro atoms. The van der Waals surface area contributed by atoms with Gasteiger partial charge in [0.15, 0.2) is 0 Å². The van der Waals surface area contributed by atoms with Crippen molar-refractivity contribution in [3.8, 4) is 89.5 Å². The Morgan fingerprint density at radius 3 is 1.08 bits per heavy atom. The van der Waals surface area contributed by atoms with Crippen LogP contribution in [0, 0.1) is 6.57 Å². The van der Waals surface area contributed by atoms with Crippen LogP contribution in [0.3, 0.4) is 0 Å². The highest BCUT2D eigenvalue weighted by Crippen LogP contribution is 2.46. The molecule has 0 fully saturated rings. The van der Waals surface area contributed by atoms with Gasteiger partial charge in [0.25, 0.3) is 0 Å². The van der Waals surface area contributed by atoms with Gasteiger partial charge in [-0.15, -0.1) is 0 Å². The second-order valence-corrected chi connectivity index (χ2v) is 19.3. The van der Waals surface area contributed by atoms with Crippen molar-refractivity contribution >= 4 is 49.3 Å². The van der Waals surface area contributed by atoms with E-state index in [0.717, 1.165) is 122 Å². The number of aromatic nitrogens is 3. The molecule has 0 saturated carbocycles. The topological polar surface area (TPSA) is 27.1 Å². The highest BCUT2D eigenvalue weighted by Gasteiger charge is 2.24. The number of nitrogens with zero attached hydrogens (tertiary/aromatic N) is 4. The molecule has 0 amide bonds. The molecule has 3 aromatic heterocycles. The summed E-state index contributed by atoms with van der Waals surface area (Å²) in [5, 5.41) is 4.52. The molecular weight excluding hydrogens is 921 g/mol. The van der Waals surface area contributed by atoms with Crippen molar-refractivity contribution < 1.29 is 0 Å². The summed E-state index contributed by atoms with van der Waals surface area (Å²) in [4.78, 5) is 9.79. The maximum absolute atomic E-state index is 9.13. The van der Waals surface area contributed by atoms with E-state index in [0.29, 0.717) is 5.69 Å². The third-order valence-electron chi connectivity index (χ3n) is 15.0. The van der Waals surface area contributed by atoms with Crippen LogP contribution in [0.5, 0.6) is 0 Å². The highest BCUT2D eigenvalue weighted by molar-refractivity contribution is 6.13. The number of benzene rings is 11. The molecule has 0 aliphatic heterocycles. The molecule has 4 heteroatoms. The van der Waals surface area contributed by atoms with Gasteiger partial charge in [0.2, 0.25) is 5.69 Å². The SMILES string of the molecule is [C-]#[N+]c1cc(-c2cc(-c3ccccc3)nc(-c3ccccc3)c2)c(-n2c3ccccc3c3ccc(-c4ccccc4-c4ccccc4)cc32)cc1-n1c2ccccc2c2ccc(-c3ccccc3-c3ccccc3)cc21. The van der Waals surface area contributed by atoms with Gasteiger partial charge in [-0.25, -0.2) is 9.83 Å². The van der Waals surface area contributed by atoms with Crippen LogP contribution in [0.4, 0.5) is 5.69 Å². The molecule has 14 rings (SSSR count). The second-order valence-electron chi connectivity index (χ2n) is 19.3. The molecule has 76 heavy (non-hydrogen) atoms.